The van der Waals surface area contributed by atoms with Gasteiger partial charge in [-0.15, -0.1) is 0 Å². The molecule has 0 N–H and O–H groups in total. The zero-order valence-electron chi connectivity index (χ0n) is 11.7. The minimum Gasteiger partial charge on any atom is -0.398 e. The Labute approximate surface area is 106 Å². The maximum absolute atomic E-state index is 5.74. The minimum atomic E-state index is -2.15. The lowest BCUT2D eigenvalue weighted by atomic mass is 9.78. The van der Waals surface area contributed by atoms with Crippen LogP contribution >= 0.6 is 0 Å². The Morgan fingerprint density at radius 2 is 1.82 bits per heavy atom. The van der Waals surface area contributed by atoms with Gasteiger partial charge in [-0.2, -0.15) is 0 Å². The number of hydrogen-bond donors (Lipinski definition) is 0. The van der Waals surface area contributed by atoms with Gasteiger partial charge in [-0.25, -0.2) is 0 Å². The van der Waals surface area contributed by atoms with Crippen LogP contribution in [-0.4, -0.2) is 49.7 Å². The van der Waals surface area contributed by atoms with E-state index in [1.807, 2.05) is 0 Å². The van der Waals surface area contributed by atoms with E-state index >= 15 is 0 Å². The van der Waals surface area contributed by atoms with Crippen molar-refractivity contribution < 1.29 is 18.3 Å². The van der Waals surface area contributed by atoms with E-state index in [4.69, 9.17) is 18.3 Å². The standard InChI is InChI=1S/C12H26O4Si/c1-6-12(9-16-10-12)11(7-8-13-2)17(5,14-3)15-4/h11H,6-10H2,1-5H3. The van der Waals surface area contributed by atoms with Crippen LogP contribution in [0.1, 0.15) is 19.8 Å². The summed E-state index contributed by atoms with van der Waals surface area (Å²) < 4.78 is 22.2. The smallest absolute Gasteiger partial charge is 0.338 e. The first-order chi connectivity index (χ1) is 8.08. The van der Waals surface area contributed by atoms with E-state index in [1.54, 1.807) is 21.3 Å². The van der Waals surface area contributed by atoms with E-state index in [1.165, 1.54) is 0 Å². The molecule has 1 atom stereocenters. The molecule has 0 spiro atoms. The molecular weight excluding hydrogens is 236 g/mol. The molecule has 0 radical (unpaired) electrons. The first-order valence-electron chi connectivity index (χ1n) is 6.25. The molecule has 0 aromatic carbocycles. The Morgan fingerprint density at radius 1 is 1.24 bits per heavy atom. The third kappa shape index (κ3) is 2.90. The van der Waals surface area contributed by atoms with Crippen molar-refractivity contribution in [1.29, 1.82) is 0 Å². The van der Waals surface area contributed by atoms with Gasteiger partial charge in [-0.3, -0.25) is 0 Å². The Morgan fingerprint density at radius 3 is 2.12 bits per heavy atom. The Kier molecular flexibility index (Phi) is 5.59. The normalized spacial score (nSPS) is 21.0. The highest BCUT2D eigenvalue weighted by molar-refractivity contribution is 6.67. The fourth-order valence-corrected chi connectivity index (χ4v) is 5.61. The summed E-state index contributed by atoms with van der Waals surface area (Å²) in [7, 11) is 3.12. The van der Waals surface area contributed by atoms with Gasteiger partial charge in [0.1, 0.15) is 0 Å². The molecule has 0 aliphatic carbocycles. The highest BCUT2D eigenvalue weighted by atomic mass is 28.4. The van der Waals surface area contributed by atoms with Gasteiger partial charge in [-0.1, -0.05) is 6.92 Å². The van der Waals surface area contributed by atoms with Crippen LogP contribution in [0.3, 0.4) is 0 Å². The Bertz CT molecular complexity index is 208. The summed E-state index contributed by atoms with van der Waals surface area (Å²) in [5, 5.41) is 0. The van der Waals surface area contributed by atoms with Crippen LogP contribution in [0.25, 0.3) is 0 Å². The van der Waals surface area contributed by atoms with E-state index in [-0.39, 0.29) is 5.41 Å². The SMILES string of the molecule is CCC1(C(CCOC)[Si](C)(OC)OC)COC1. The molecular formula is C12H26O4Si. The highest BCUT2D eigenvalue weighted by Gasteiger charge is 2.54. The van der Waals surface area contributed by atoms with Crippen molar-refractivity contribution >= 4 is 8.56 Å². The summed E-state index contributed by atoms with van der Waals surface area (Å²) in [5.41, 5.74) is 0.648. The molecule has 0 amide bonds. The molecule has 17 heavy (non-hydrogen) atoms. The summed E-state index contributed by atoms with van der Waals surface area (Å²) in [6.07, 6.45) is 2.09. The molecule has 102 valence electrons. The average molecular weight is 262 g/mol. The molecule has 1 unspecified atom stereocenters. The van der Waals surface area contributed by atoms with E-state index in [9.17, 15) is 0 Å². The lowest BCUT2D eigenvalue weighted by Crippen LogP contribution is -2.57. The van der Waals surface area contributed by atoms with Crippen LogP contribution in [0.2, 0.25) is 12.1 Å². The first-order valence-corrected chi connectivity index (χ1v) is 8.65. The molecule has 5 heteroatoms. The van der Waals surface area contributed by atoms with Crippen LogP contribution in [0.4, 0.5) is 0 Å². The van der Waals surface area contributed by atoms with Crippen molar-refractivity contribution in [2.24, 2.45) is 5.41 Å². The topological polar surface area (TPSA) is 36.9 Å². The second-order valence-electron chi connectivity index (χ2n) is 4.97. The zero-order chi connectivity index (χ0) is 12.9. The van der Waals surface area contributed by atoms with Crippen molar-refractivity contribution in [2.45, 2.75) is 31.9 Å². The van der Waals surface area contributed by atoms with Crippen LogP contribution in [0.15, 0.2) is 0 Å². The molecule has 1 saturated heterocycles. The van der Waals surface area contributed by atoms with Crippen LogP contribution in [-0.2, 0) is 18.3 Å². The van der Waals surface area contributed by atoms with Crippen molar-refractivity contribution in [3.8, 4) is 0 Å². The summed E-state index contributed by atoms with van der Waals surface area (Å²) in [6.45, 7) is 6.77. The Balaban J connectivity index is 2.85. The maximum Gasteiger partial charge on any atom is 0.338 e. The molecule has 0 aromatic rings. The second-order valence-corrected chi connectivity index (χ2v) is 8.51. The first kappa shape index (κ1) is 15.1. The summed E-state index contributed by atoms with van der Waals surface area (Å²) >= 11 is 0. The van der Waals surface area contributed by atoms with Crippen molar-refractivity contribution in [3.05, 3.63) is 0 Å². The van der Waals surface area contributed by atoms with Crippen LogP contribution < -0.4 is 0 Å². The number of methoxy groups -OCH3 is 1. The summed E-state index contributed by atoms with van der Waals surface area (Å²) in [4.78, 5) is 0. The molecule has 0 aromatic heterocycles. The van der Waals surface area contributed by atoms with Crippen molar-refractivity contribution in [3.63, 3.8) is 0 Å². The number of ether oxygens (including phenoxy) is 2. The average Bonchev–Trinajstić information content (AvgIpc) is 2.31. The predicted molar refractivity (Wildman–Crippen MR) is 69.4 cm³/mol. The van der Waals surface area contributed by atoms with E-state index in [2.05, 4.69) is 13.5 Å². The number of hydrogen-bond acceptors (Lipinski definition) is 4. The van der Waals surface area contributed by atoms with Gasteiger partial charge in [0, 0.05) is 38.9 Å². The van der Waals surface area contributed by atoms with E-state index in [0.29, 0.717) is 5.54 Å². The van der Waals surface area contributed by atoms with Gasteiger partial charge in [0.2, 0.25) is 0 Å². The van der Waals surface area contributed by atoms with Crippen molar-refractivity contribution in [2.75, 3.05) is 41.2 Å². The Hall–Kier alpha value is 0.0569. The minimum absolute atomic E-state index is 0.228. The fourth-order valence-electron chi connectivity index (χ4n) is 2.74. The van der Waals surface area contributed by atoms with Crippen LogP contribution in [0, 0.1) is 5.41 Å². The van der Waals surface area contributed by atoms with Gasteiger partial charge in [0.05, 0.1) is 13.2 Å². The lowest BCUT2D eigenvalue weighted by Gasteiger charge is -2.51. The maximum atomic E-state index is 5.74. The molecule has 0 bridgehead atoms. The summed E-state index contributed by atoms with van der Waals surface area (Å²) in [5.74, 6) is 0. The predicted octanol–water partition coefficient (Wildman–Crippen LogP) is 2.18. The van der Waals surface area contributed by atoms with Gasteiger partial charge >= 0.3 is 8.56 Å². The molecule has 4 nitrogen and oxygen atoms in total. The zero-order valence-corrected chi connectivity index (χ0v) is 12.7. The highest BCUT2D eigenvalue weighted by Crippen LogP contribution is 2.50. The molecule has 1 heterocycles. The van der Waals surface area contributed by atoms with Crippen molar-refractivity contribution in [1.82, 2.24) is 0 Å². The molecule has 1 aliphatic rings. The molecule has 1 fully saturated rings. The molecule has 0 saturated carbocycles. The summed E-state index contributed by atoms with van der Waals surface area (Å²) in [6, 6.07) is 0. The lowest BCUT2D eigenvalue weighted by molar-refractivity contribution is -0.127. The van der Waals surface area contributed by atoms with E-state index in [0.717, 1.165) is 32.7 Å². The van der Waals surface area contributed by atoms with Gasteiger partial charge in [-0.05, 0) is 19.4 Å². The van der Waals surface area contributed by atoms with Gasteiger partial charge in [0.25, 0.3) is 0 Å². The molecule has 1 aliphatic heterocycles. The molecule has 1 rings (SSSR count). The second kappa shape index (κ2) is 6.29. The third-order valence-electron chi connectivity index (χ3n) is 4.28. The largest absolute Gasteiger partial charge is 0.398 e. The number of rotatable bonds is 8. The third-order valence-corrected chi connectivity index (χ3v) is 8.06. The monoisotopic (exact) mass is 262 g/mol. The fraction of sp³-hybridized carbons (Fsp3) is 1.00. The van der Waals surface area contributed by atoms with Crippen LogP contribution in [0.5, 0.6) is 0 Å². The van der Waals surface area contributed by atoms with Gasteiger partial charge in [0.15, 0.2) is 0 Å². The van der Waals surface area contributed by atoms with E-state index < -0.39 is 8.56 Å². The quantitative estimate of drug-likeness (QED) is 0.628. The van der Waals surface area contributed by atoms with Gasteiger partial charge < -0.3 is 18.3 Å².